The Morgan fingerprint density at radius 3 is 2.77 bits per heavy atom. The predicted octanol–water partition coefficient (Wildman–Crippen LogP) is 3.66. The van der Waals surface area contributed by atoms with E-state index in [0.29, 0.717) is 11.5 Å². The number of rotatable bonds is 4. The highest BCUT2D eigenvalue weighted by molar-refractivity contribution is 5.98. The Kier molecular flexibility index (Phi) is 4.67. The van der Waals surface area contributed by atoms with Crippen LogP contribution in [0.1, 0.15) is 28.4 Å². The van der Waals surface area contributed by atoms with Crippen molar-refractivity contribution < 1.29 is 4.79 Å². The van der Waals surface area contributed by atoms with Gasteiger partial charge in [0, 0.05) is 29.9 Å². The summed E-state index contributed by atoms with van der Waals surface area (Å²) in [7, 11) is 2.14. The van der Waals surface area contributed by atoms with E-state index in [4.69, 9.17) is 0 Å². The molecule has 0 radical (unpaired) electrons. The number of likely N-dealkylation sites (tertiary alicyclic amines) is 1. The highest BCUT2D eigenvalue weighted by Crippen LogP contribution is 2.30. The fourth-order valence-electron chi connectivity index (χ4n) is 3.82. The lowest BCUT2D eigenvalue weighted by Crippen LogP contribution is -2.34. The number of carbonyl (C=O) groups is 1. The summed E-state index contributed by atoms with van der Waals surface area (Å²) < 4.78 is 0. The minimum atomic E-state index is -0.0212. The molecular formula is C22H23N3O. The van der Waals surface area contributed by atoms with Gasteiger partial charge in [0.15, 0.2) is 0 Å². The second-order valence-electron chi connectivity index (χ2n) is 7.11. The van der Waals surface area contributed by atoms with Gasteiger partial charge in [0.05, 0.1) is 6.04 Å². The van der Waals surface area contributed by atoms with Crippen LogP contribution in [0.2, 0.25) is 0 Å². The molecule has 26 heavy (non-hydrogen) atoms. The van der Waals surface area contributed by atoms with E-state index < -0.39 is 0 Å². The molecule has 2 atom stereocenters. The van der Waals surface area contributed by atoms with Gasteiger partial charge in [-0.2, -0.15) is 0 Å². The number of hydrogen-bond donors (Lipinski definition) is 1. The topological polar surface area (TPSA) is 45.2 Å². The Morgan fingerprint density at radius 1 is 1.15 bits per heavy atom. The van der Waals surface area contributed by atoms with Gasteiger partial charge < -0.3 is 10.2 Å². The summed E-state index contributed by atoms with van der Waals surface area (Å²) in [4.78, 5) is 19.4. The van der Waals surface area contributed by atoms with Crippen LogP contribution in [0.5, 0.6) is 0 Å². The van der Waals surface area contributed by atoms with Crippen LogP contribution in [-0.2, 0) is 0 Å². The molecule has 4 rings (SSSR count). The third-order valence-corrected chi connectivity index (χ3v) is 5.25. The Bertz CT molecular complexity index is 909. The molecule has 1 fully saturated rings. The molecule has 0 aliphatic carbocycles. The molecule has 4 nitrogen and oxygen atoms in total. The van der Waals surface area contributed by atoms with Gasteiger partial charge in [0.25, 0.3) is 5.91 Å². The number of amides is 1. The van der Waals surface area contributed by atoms with Crippen molar-refractivity contribution in [2.24, 2.45) is 5.92 Å². The van der Waals surface area contributed by atoms with Crippen molar-refractivity contribution in [2.45, 2.75) is 12.5 Å². The SMILES string of the molecule is CN1CC[C@@H]([C@@H](NC(=O)c2ccc3cnccc3c2)c2ccccc2)C1. The first-order valence-electron chi connectivity index (χ1n) is 9.09. The molecule has 1 saturated heterocycles. The molecule has 3 aromatic rings. The molecule has 0 saturated carbocycles. The first-order chi connectivity index (χ1) is 12.7. The number of nitrogens with one attached hydrogen (secondary N) is 1. The van der Waals surface area contributed by atoms with Gasteiger partial charge in [-0.3, -0.25) is 9.78 Å². The van der Waals surface area contributed by atoms with E-state index in [1.54, 1.807) is 6.20 Å². The molecule has 4 heteroatoms. The number of benzene rings is 2. The van der Waals surface area contributed by atoms with E-state index in [9.17, 15) is 4.79 Å². The number of fused-ring (bicyclic) bond motifs is 1. The number of carbonyl (C=O) groups excluding carboxylic acids is 1. The summed E-state index contributed by atoms with van der Waals surface area (Å²) in [6.45, 7) is 2.08. The lowest BCUT2D eigenvalue weighted by molar-refractivity contribution is 0.0922. The average molecular weight is 345 g/mol. The fraction of sp³-hybridized carbons (Fsp3) is 0.273. The molecule has 1 aliphatic heterocycles. The number of hydrogen-bond acceptors (Lipinski definition) is 3. The normalized spacial score (nSPS) is 18.7. The lowest BCUT2D eigenvalue weighted by Gasteiger charge is -2.25. The molecule has 2 heterocycles. The maximum Gasteiger partial charge on any atom is 0.251 e. The molecule has 132 valence electrons. The molecule has 0 spiro atoms. The summed E-state index contributed by atoms with van der Waals surface area (Å²) in [5.41, 5.74) is 1.86. The summed E-state index contributed by atoms with van der Waals surface area (Å²) in [6.07, 6.45) is 4.67. The van der Waals surface area contributed by atoms with Crippen LogP contribution in [0.3, 0.4) is 0 Å². The molecule has 1 aliphatic rings. The summed E-state index contributed by atoms with van der Waals surface area (Å²) >= 11 is 0. The number of aromatic nitrogens is 1. The van der Waals surface area contributed by atoms with Crippen molar-refractivity contribution in [2.75, 3.05) is 20.1 Å². The van der Waals surface area contributed by atoms with Gasteiger partial charge in [-0.15, -0.1) is 0 Å². The Hall–Kier alpha value is -2.72. The van der Waals surface area contributed by atoms with Crippen LogP contribution in [0.4, 0.5) is 0 Å². The van der Waals surface area contributed by atoms with Gasteiger partial charge in [-0.25, -0.2) is 0 Å². The highest BCUT2D eigenvalue weighted by Gasteiger charge is 2.30. The largest absolute Gasteiger partial charge is 0.345 e. The molecule has 0 unspecified atom stereocenters. The van der Waals surface area contributed by atoms with Crippen LogP contribution >= 0.6 is 0 Å². The zero-order chi connectivity index (χ0) is 17.9. The molecule has 1 aromatic heterocycles. The van der Waals surface area contributed by atoms with E-state index in [0.717, 1.165) is 30.3 Å². The van der Waals surface area contributed by atoms with Crippen molar-refractivity contribution >= 4 is 16.7 Å². The van der Waals surface area contributed by atoms with Gasteiger partial charge in [0.2, 0.25) is 0 Å². The Morgan fingerprint density at radius 2 is 2.00 bits per heavy atom. The summed E-state index contributed by atoms with van der Waals surface area (Å²) in [6, 6.07) is 18.0. The van der Waals surface area contributed by atoms with E-state index in [1.807, 2.05) is 48.7 Å². The van der Waals surface area contributed by atoms with Crippen molar-refractivity contribution in [3.05, 3.63) is 78.1 Å². The minimum absolute atomic E-state index is 0.0212. The van der Waals surface area contributed by atoms with Crippen LogP contribution in [0, 0.1) is 5.92 Å². The first-order valence-corrected chi connectivity index (χ1v) is 9.09. The summed E-state index contributed by atoms with van der Waals surface area (Å²) in [5, 5.41) is 5.37. The molecular weight excluding hydrogens is 322 g/mol. The van der Waals surface area contributed by atoms with E-state index >= 15 is 0 Å². The molecule has 0 bridgehead atoms. The van der Waals surface area contributed by atoms with Crippen molar-refractivity contribution in [3.8, 4) is 0 Å². The fourth-order valence-corrected chi connectivity index (χ4v) is 3.82. The average Bonchev–Trinajstić information content (AvgIpc) is 3.12. The zero-order valence-electron chi connectivity index (χ0n) is 14.9. The quantitative estimate of drug-likeness (QED) is 0.785. The minimum Gasteiger partial charge on any atom is -0.345 e. The first kappa shape index (κ1) is 16.7. The number of pyridine rings is 1. The molecule has 2 aromatic carbocycles. The van der Waals surface area contributed by atoms with Gasteiger partial charge >= 0.3 is 0 Å². The van der Waals surface area contributed by atoms with Gasteiger partial charge in [0.1, 0.15) is 0 Å². The van der Waals surface area contributed by atoms with Crippen molar-refractivity contribution in [1.29, 1.82) is 0 Å². The third-order valence-electron chi connectivity index (χ3n) is 5.25. The van der Waals surface area contributed by atoms with E-state index in [1.165, 1.54) is 5.56 Å². The van der Waals surface area contributed by atoms with Crippen LogP contribution in [0.15, 0.2) is 67.0 Å². The van der Waals surface area contributed by atoms with Crippen LogP contribution in [0.25, 0.3) is 10.8 Å². The lowest BCUT2D eigenvalue weighted by atomic mass is 9.92. The molecule has 1 N–H and O–H groups in total. The standard InChI is InChI=1S/C22H23N3O/c1-25-12-10-20(15-25)21(16-5-3-2-4-6-16)24-22(26)18-7-8-19-14-23-11-9-17(19)13-18/h2-9,11,13-14,20-21H,10,12,15H2,1H3,(H,24,26)/t20-,21+/m1/s1. The summed E-state index contributed by atoms with van der Waals surface area (Å²) in [5.74, 6) is 0.406. The van der Waals surface area contributed by atoms with Crippen LogP contribution < -0.4 is 5.32 Å². The van der Waals surface area contributed by atoms with Gasteiger partial charge in [-0.05, 0) is 55.1 Å². The van der Waals surface area contributed by atoms with Gasteiger partial charge in [-0.1, -0.05) is 36.4 Å². The Balaban J connectivity index is 1.60. The smallest absolute Gasteiger partial charge is 0.251 e. The van der Waals surface area contributed by atoms with Crippen molar-refractivity contribution in [3.63, 3.8) is 0 Å². The van der Waals surface area contributed by atoms with E-state index in [2.05, 4.69) is 34.4 Å². The van der Waals surface area contributed by atoms with Crippen LogP contribution in [-0.4, -0.2) is 35.9 Å². The second-order valence-corrected chi connectivity index (χ2v) is 7.11. The highest BCUT2D eigenvalue weighted by atomic mass is 16.1. The molecule has 1 amide bonds. The predicted molar refractivity (Wildman–Crippen MR) is 104 cm³/mol. The Labute approximate surface area is 153 Å². The van der Waals surface area contributed by atoms with Crippen molar-refractivity contribution in [1.82, 2.24) is 15.2 Å². The zero-order valence-corrected chi connectivity index (χ0v) is 14.9. The van der Waals surface area contributed by atoms with E-state index in [-0.39, 0.29) is 11.9 Å². The monoisotopic (exact) mass is 345 g/mol. The maximum atomic E-state index is 13.0. The second kappa shape index (κ2) is 7.26. The number of nitrogens with zero attached hydrogens (tertiary/aromatic N) is 2. The maximum absolute atomic E-state index is 13.0. The third kappa shape index (κ3) is 3.46.